The molecule has 7 nitrogen and oxygen atoms in total. The fraction of sp³-hybridized carbons (Fsp3) is 0. The second-order valence-electron chi connectivity index (χ2n) is 1.86. The molecular formula is C4H3AsN4O3. The van der Waals surface area contributed by atoms with E-state index in [1.165, 1.54) is 16.9 Å². The summed E-state index contributed by atoms with van der Waals surface area (Å²) in [6, 6.07) is 0. The molecule has 2 heterocycles. The molecule has 12 heavy (non-hydrogen) atoms. The van der Waals surface area contributed by atoms with Crippen molar-refractivity contribution in [2.75, 3.05) is 0 Å². The number of H-pyrrole nitrogens is 1. The first-order chi connectivity index (χ1) is 5.75. The molecule has 0 amide bonds. The molecule has 8 heteroatoms. The van der Waals surface area contributed by atoms with E-state index in [0.29, 0.717) is 4.68 Å². The van der Waals surface area contributed by atoms with Crippen LogP contribution in [0.2, 0.25) is 0 Å². The van der Waals surface area contributed by atoms with Crippen LogP contribution in [0.15, 0.2) is 13.6 Å². The second kappa shape index (κ2) is 2.60. The van der Waals surface area contributed by atoms with E-state index in [2.05, 4.69) is 24.8 Å². The van der Waals surface area contributed by atoms with Gasteiger partial charge < -0.3 is 0 Å². The van der Waals surface area contributed by atoms with Gasteiger partial charge in [0, 0.05) is 0 Å². The number of nitrogens with zero attached hydrogens (tertiary/aromatic N) is 3. The third kappa shape index (κ3) is 1.18. The zero-order valence-electron chi connectivity index (χ0n) is 5.64. The average Bonchev–Trinajstić information content (AvgIpc) is 2.58. The van der Waals surface area contributed by atoms with Crippen molar-refractivity contribution in [3.8, 4) is 11.8 Å². The second-order valence-corrected chi connectivity index (χ2v) is 2.90. The monoisotopic (exact) mass is 230 g/mol. The fourth-order valence-corrected chi connectivity index (χ4v) is 0.998. The maximum absolute atomic E-state index is 10.5. The van der Waals surface area contributed by atoms with Crippen LogP contribution in [0.5, 0.6) is 0 Å². The van der Waals surface area contributed by atoms with Gasteiger partial charge >= 0.3 is 73.1 Å². The van der Waals surface area contributed by atoms with Crippen LogP contribution >= 0.6 is 0 Å². The van der Waals surface area contributed by atoms with E-state index in [-0.39, 0.29) is 11.8 Å². The molecule has 0 radical (unpaired) electrons. The molecular weight excluding hydrogens is 227 g/mol. The average molecular weight is 230 g/mol. The molecule has 2 aromatic rings. The molecule has 0 aromatic carbocycles. The van der Waals surface area contributed by atoms with Gasteiger partial charge in [-0.3, -0.25) is 0 Å². The Balaban J connectivity index is 2.50. The molecule has 1 N–H and O–H groups in total. The SMILES string of the molecule is O=c1[nH]nc(-c2nnc([AsH2])o2)o1. The first kappa shape index (κ1) is 7.30. The van der Waals surface area contributed by atoms with Crippen molar-refractivity contribution in [1.82, 2.24) is 20.4 Å². The number of rotatable bonds is 1. The Bertz CT molecular complexity index is 443. The summed E-state index contributed by atoms with van der Waals surface area (Å²) in [6.07, 6.45) is 0. The number of hydrogen-bond donors (Lipinski definition) is 1. The van der Waals surface area contributed by atoms with Crippen molar-refractivity contribution in [1.29, 1.82) is 0 Å². The summed E-state index contributed by atoms with van der Waals surface area (Å²) in [6.45, 7) is 0. The number of nitrogens with one attached hydrogen (secondary N) is 1. The van der Waals surface area contributed by atoms with Gasteiger partial charge in [0.05, 0.1) is 0 Å². The van der Waals surface area contributed by atoms with Gasteiger partial charge in [0.1, 0.15) is 0 Å². The molecule has 0 saturated carbocycles. The quantitative estimate of drug-likeness (QED) is 0.552. The predicted molar refractivity (Wildman–Crippen MR) is 38.6 cm³/mol. The van der Waals surface area contributed by atoms with Crippen molar-refractivity contribution in [3.05, 3.63) is 10.6 Å². The molecule has 2 aromatic heterocycles. The fourth-order valence-electron chi connectivity index (χ4n) is 0.642. The molecule has 1 atom stereocenters. The molecule has 0 fully saturated rings. The zero-order valence-corrected chi connectivity index (χ0v) is 8.07. The molecule has 62 valence electrons. The van der Waals surface area contributed by atoms with Gasteiger partial charge in [0.2, 0.25) is 0 Å². The van der Waals surface area contributed by atoms with Crippen LogP contribution in [0, 0.1) is 0 Å². The molecule has 0 aliphatic rings. The van der Waals surface area contributed by atoms with Crippen LogP contribution in [-0.2, 0) is 0 Å². The Labute approximate surface area is 73.7 Å². The van der Waals surface area contributed by atoms with Gasteiger partial charge in [-0.05, 0) is 0 Å². The number of aromatic amines is 1. The first-order valence-corrected chi connectivity index (χ1v) is 4.12. The van der Waals surface area contributed by atoms with Crippen LogP contribution in [0.4, 0.5) is 0 Å². The van der Waals surface area contributed by atoms with E-state index in [0.717, 1.165) is 0 Å². The van der Waals surface area contributed by atoms with E-state index in [1.54, 1.807) is 0 Å². The van der Waals surface area contributed by atoms with E-state index in [1.807, 2.05) is 0 Å². The summed E-state index contributed by atoms with van der Waals surface area (Å²) in [5.41, 5.74) is 0. The molecule has 0 saturated heterocycles. The Morgan fingerprint density at radius 1 is 1.25 bits per heavy atom. The van der Waals surface area contributed by atoms with Crippen molar-refractivity contribution < 1.29 is 8.83 Å². The minimum atomic E-state index is -0.647. The molecule has 0 aliphatic carbocycles. The summed E-state index contributed by atoms with van der Waals surface area (Å²) in [5, 5.41) is 12.8. The summed E-state index contributed by atoms with van der Waals surface area (Å²) in [5.74, 6) is -0.532. The Hall–Kier alpha value is -1.36. The Kier molecular flexibility index (Phi) is 1.58. The normalized spacial score (nSPS) is 10.4. The Morgan fingerprint density at radius 3 is 2.58 bits per heavy atom. The zero-order chi connectivity index (χ0) is 8.55. The molecule has 0 bridgehead atoms. The first-order valence-electron chi connectivity index (χ1n) is 2.90. The van der Waals surface area contributed by atoms with Crippen LogP contribution in [0.1, 0.15) is 0 Å². The van der Waals surface area contributed by atoms with E-state index in [4.69, 9.17) is 4.42 Å². The summed E-state index contributed by atoms with van der Waals surface area (Å²) in [7, 11) is 0. The third-order valence-corrected chi connectivity index (χ3v) is 1.55. The minimum absolute atomic E-state index is 0.0106. The summed E-state index contributed by atoms with van der Waals surface area (Å²) in [4.78, 5) is 10.5. The van der Waals surface area contributed by atoms with E-state index in [9.17, 15) is 4.79 Å². The molecule has 1 unspecified atom stereocenters. The van der Waals surface area contributed by atoms with Gasteiger partial charge in [-0.1, -0.05) is 0 Å². The van der Waals surface area contributed by atoms with Crippen LogP contribution < -0.4 is 10.4 Å². The van der Waals surface area contributed by atoms with Gasteiger partial charge in [-0.25, -0.2) is 0 Å². The summed E-state index contributed by atoms with van der Waals surface area (Å²) < 4.78 is 9.99. The molecule has 0 spiro atoms. The number of hydrogen-bond acceptors (Lipinski definition) is 6. The van der Waals surface area contributed by atoms with Gasteiger partial charge in [0.25, 0.3) is 0 Å². The predicted octanol–water partition coefficient (Wildman–Crippen LogP) is -2.33. The van der Waals surface area contributed by atoms with Gasteiger partial charge in [0.15, 0.2) is 0 Å². The molecule has 2 rings (SSSR count). The van der Waals surface area contributed by atoms with Crippen LogP contribution in [0.3, 0.4) is 0 Å². The third-order valence-electron chi connectivity index (χ3n) is 1.06. The number of aromatic nitrogens is 4. The van der Waals surface area contributed by atoms with Crippen molar-refractivity contribution in [2.45, 2.75) is 0 Å². The van der Waals surface area contributed by atoms with Crippen molar-refractivity contribution in [3.63, 3.8) is 0 Å². The van der Waals surface area contributed by atoms with E-state index < -0.39 is 5.76 Å². The topological polar surface area (TPSA) is 97.8 Å². The van der Waals surface area contributed by atoms with Crippen LogP contribution in [-0.4, -0.2) is 37.2 Å². The Morgan fingerprint density at radius 2 is 2.08 bits per heavy atom. The van der Waals surface area contributed by atoms with Crippen molar-refractivity contribution >= 4 is 21.5 Å². The summed E-state index contributed by atoms with van der Waals surface area (Å²) >= 11 is 1.19. The van der Waals surface area contributed by atoms with Crippen LogP contribution in [0.25, 0.3) is 11.8 Å². The van der Waals surface area contributed by atoms with Crippen molar-refractivity contribution in [2.24, 2.45) is 0 Å². The molecule has 0 aliphatic heterocycles. The van der Waals surface area contributed by atoms with Gasteiger partial charge in [-0.15, -0.1) is 0 Å². The maximum atomic E-state index is 10.5. The standard InChI is InChI=1S/C4H3AsN4O3/c5-3-8-6-1(11-3)2-7-9-4(10)12-2/h5H2,(H,9,10). The van der Waals surface area contributed by atoms with Gasteiger partial charge in [-0.2, -0.15) is 0 Å². The van der Waals surface area contributed by atoms with E-state index >= 15 is 0 Å².